The third-order valence-electron chi connectivity index (χ3n) is 9.69. The molecule has 0 unspecified atom stereocenters. The SMILES string of the molecule is CCCCC1=NC2(CCCC2)C(=O)N1Cc1ccc(-c2ccccc2S(=O)(=O)Nc2onc(C)c2C)c(CN(C)C(=O)c2ccc(F)cc2)c1. The molecule has 4 aromatic rings. The highest BCUT2D eigenvalue weighted by molar-refractivity contribution is 7.92. The molecule has 12 heteroatoms. The average Bonchev–Trinajstić information content (AvgIpc) is 3.78. The highest BCUT2D eigenvalue weighted by atomic mass is 32.2. The van der Waals surface area contributed by atoms with Crippen LogP contribution in [0.15, 0.2) is 81.1 Å². The molecule has 2 heterocycles. The van der Waals surface area contributed by atoms with Crippen molar-refractivity contribution in [3.8, 4) is 11.1 Å². The summed E-state index contributed by atoms with van der Waals surface area (Å²) in [6.07, 6.45) is 6.08. The van der Waals surface area contributed by atoms with Crippen LogP contribution in [0.2, 0.25) is 0 Å². The maximum atomic E-state index is 13.9. The Morgan fingerprint density at radius 2 is 1.76 bits per heavy atom. The van der Waals surface area contributed by atoms with Gasteiger partial charge in [0.05, 0.1) is 17.1 Å². The fraction of sp³-hybridized carbons (Fsp3) is 0.368. The van der Waals surface area contributed by atoms with Crippen molar-refractivity contribution in [2.45, 2.75) is 89.2 Å². The second kappa shape index (κ2) is 14.2. The number of halogens is 1. The molecule has 2 amide bonds. The molecular weight excluding hydrogens is 658 g/mol. The number of benzene rings is 3. The number of aliphatic imine (C=N–C) groups is 1. The number of aryl methyl sites for hydroxylation is 1. The Morgan fingerprint density at radius 3 is 2.44 bits per heavy atom. The number of hydrogen-bond acceptors (Lipinski definition) is 7. The first-order valence-corrected chi connectivity index (χ1v) is 18.5. The minimum Gasteiger partial charge on any atom is -0.337 e. The molecule has 0 saturated heterocycles. The van der Waals surface area contributed by atoms with Crippen molar-refractivity contribution in [1.82, 2.24) is 15.0 Å². The Bertz CT molecular complexity index is 2050. The quantitative estimate of drug-likeness (QED) is 0.164. The van der Waals surface area contributed by atoms with Crippen LogP contribution in [0, 0.1) is 19.7 Å². The van der Waals surface area contributed by atoms with E-state index in [1.54, 1.807) is 39.1 Å². The van der Waals surface area contributed by atoms with Crippen LogP contribution in [0.1, 0.15) is 84.6 Å². The number of rotatable bonds is 12. The minimum atomic E-state index is -4.14. The van der Waals surface area contributed by atoms with E-state index in [4.69, 9.17) is 9.52 Å². The lowest BCUT2D eigenvalue weighted by atomic mass is 9.95. The molecule has 6 rings (SSSR count). The minimum absolute atomic E-state index is 0.0156. The van der Waals surface area contributed by atoms with Gasteiger partial charge in [-0.1, -0.05) is 67.7 Å². The maximum Gasteiger partial charge on any atom is 0.264 e. The van der Waals surface area contributed by atoms with Gasteiger partial charge in [-0.25, -0.2) is 17.5 Å². The molecule has 1 spiro atoms. The summed E-state index contributed by atoms with van der Waals surface area (Å²) in [5.41, 5.74) is 3.31. The van der Waals surface area contributed by atoms with Gasteiger partial charge in [-0.3, -0.25) is 19.5 Å². The van der Waals surface area contributed by atoms with Crippen LogP contribution in [0.3, 0.4) is 0 Å². The van der Waals surface area contributed by atoms with Crippen LogP contribution in [-0.4, -0.2) is 53.6 Å². The number of anilines is 1. The summed E-state index contributed by atoms with van der Waals surface area (Å²) in [6, 6.07) is 17.6. The van der Waals surface area contributed by atoms with Crippen LogP contribution < -0.4 is 4.72 Å². The van der Waals surface area contributed by atoms with Gasteiger partial charge in [0.15, 0.2) is 0 Å². The van der Waals surface area contributed by atoms with E-state index in [-0.39, 0.29) is 29.1 Å². The number of amidine groups is 1. The topological polar surface area (TPSA) is 125 Å². The molecule has 1 aromatic heterocycles. The molecule has 1 aliphatic heterocycles. The average molecular weight is 700 g/mol. The molecule has 1 N–H and O–H groups in total. The van der Waals surface area contributed by atoms with Crippen molar-refractivity contribution in [3.63, 3.8) is 0 Å². The van der Waals surface area contributed by atoms with Crippen LogP contribution in [0.4, 0.5) is 10.3 Å². The second-order valence-corrected chi connectivity index (χ2v) is 14.9. The Balaban J connectivity index is 1.39. The summed E-state index contributed by atoms with van der Waals surface area (Å²) in [5, 5.41) is 3.87. The van der Waals surface area contributed by atoms with Crippen molar-refractivity contribution >= 4 is 33.6 Å². The molecule has 3 aromatic carbocycles. The van der Waals surface area contributed by atoms with Gasteiger partial charge in [-0.2, -0.15) is 0 Å². The fourth-order valence-corrected chi connectivity index (χ4v) is 8.04. The third kappa shape index (κ3) is 6.94. The summed E-state index contributed by atoms with van der Waals surface area (Å²) in [7, 11) is -2.50. The molecule has 50 heavy (non-hydrogen) atoms. The molecule has 0 atom stereocenters. The Kier molecular flexibility index (Phi) is 9.93. The number of unbranched alkanes of at least 4 members (excludes halogenated alkanes) is 1. The van der Waals surface area contributed by atoms with Crippen LogP contribution in [-0.2, 0) is 27.9 Å². The van der Waals surface area contributed by atoms with E-state index in [2.05, 4.69) is 16.8 Å². The maximum absolute atomic E-state index is 13.9. The van der Waals surface area contributed by atoms with E-state index < -0.39 is 21.4 Å². The van der Waals surface area contributed by atoms with Crippen molar-refractivity contribution in [3.05, 3.63) is 100 Å². The first-order chi connectivity index (χ1) is 23.9. The first kappa shape index (κ1) is 35.0. The number of nitrogens with zero attached hydrogens (tertiary/aromatic N) is 4. The van der Waals surface area contributed by atoms with Gasteiger partial charge in [0, 0.05) is 36.7 Å². The third-order valence-corrected chi connectivity index (χ3v) is 11.1. The Labute approximate surface area is 292 Å². The lowest BCUT2D eigenvalue weighted by Gasteiger charge is -2.24. The van der Waals surface area contributed by atoms with E-state index in [1.807, 2.05) is 23.1 Å². The molecule has 262 valence electrons. The summed E-state index contributed by atoms with van der Waals surface area (Å²) < 4.78 is 49.1. The predicted molar refractivity (Wildman–Crippen MR) is 190 cm³/mol. The van der Waals surface area contributed by atoms with E-state index >= 15 is 0 Å². The molecule has 2 aliphatic rings. The highest BCUT2D eigenvalue weighted by Crippen LogP contribution is 2.40. The van der Waals surface area contributed by atoms with Crippen LogP contribution in [0.25, 0.3) is 11.1 Å². The zero-order valence-electron chi connectivity index (χ0n) is 28.8. The molecule has 0 bridgehead atoms. The zero-order valence-corrected chi connectivity index (χ0v) is 29.6. The van der Waals surface area contributed by atoms with Gasteiger partial charge in [0.1, 0.15) is 17.2 Å². The first-order valence-electron chi connectivity index (χ1n) is 17.0. The van der Waals surface area contributed by atoms with E-state index in [1.165, 1.54) is 35.2 Å². The standard InChI is InChI=1S/C38H42FN5O5S/c1-5-6-13-34-40-38(20-9-10-21-38)37(46)44(34)23-27-14-19-31(29(22-27)24-43(4)36(45)28-15-17-30(39)18-16-28)32-11-7-8-12-33(32)50(47,48)42-35-25(2)26(3)41-49-35/h7-8,11-12,14-19,22,42H,5-6,9-10,13,20-21,23-24H2,1-4H3. The lowest BCUT2D eigenvalue weighted by Crippen LogP contribution is -2.40. The lowest BCUT2D eigenvalue weighted by molar-refractivity contribution is -0.131. The molecular formula is C38H42FN5O5S. The summed E-state index contributed by atoms with van der Waals surface area (Å²) in [5.74, 6) is 0.114. The molecule has 0 radical (unpaired) electrons. The summed E-state index contributed by atoms with van der Waals surface area (Å²) in [6.45, 7) is 5.97. The molecule has 1 saturated carbocycles. The van der Waals surface area contributed by atoms with E-state index in [0.29, 0.717) is 46.5 Å². The van der Waals surface area contributed by atoms with E-state index in [0.717, 1.165) is 49.9 Å². The summed E-state index contributed by atoms with van der Waals surface area (Å²) in [4.78, 5) is 35.7. The van der Waals surface area contributed by atoms with Gasteiger partial charge >= 0.3 is 0 Å². The molecule has 1 aliphatic carbocycles. The number of aromatic nitrogens is 1. The molecule has 1 fully saturated rings. The molecule has 10 nitrogen and oxygen atoms in total. The predicted octanol–water partition coefficient (Wildman–Crippen LogP) is 7.41. The van der Waals surface area contributed by atoms with E-state index in [9.17, 15) is 22.4 Å². The van der Waals surface area contributed by atoms with Gasteiger partial charge in [-0.15, -0.1) is 0 Å². The monoisotopic (exact) mass is 699 g/mol. The van der Waals surface area contributed by atoms with Gasteiger partial charge in [0.2, 0.25) is 5.88 Å². The van der Waals surface area contributed by atoms with Crippen molar-refractivity contribution in [2.24, 2.45) is 4.99 Å². The number of hydrogen-bond donors (Lipinski definition) is 1. The van der Waals surface area contributed by atoms with Gasteiger partial charge < -0.3 is 9.42 Å². The van der Waals surface area contributed by atoms with Crippen molar-refractivity contribution in [1.29, 1.82) is 0 Å². The van der Waals surface area contributed by atoms with Crippen LogP contribution in [0.5, 0.6) is 0 Å². The van der Waals surface area contributed by atoms with Gasteiger partial charge in [0.25, 0.3) is 21.8 Å². The zero-order chi connectivity index (χ0) is 35.6. The number of carbonyl (C=O) groups excluding carboxylic acids is 2. The van der Waals surface area contributed by atoms with Gasteiger partial charge in [-0.05, 0) is 80.1 Å². The fourth-order valence-electron chi connectivity index (χ4n) is 6.77. The Hall–Kier alpha value is -4.84. The highest BCUT2D eigenvalue weighted by Gasteiger charge is 2.49. The smallest absolute Gasteiger partial charge is 0.264 e. The van der Waals surface area contributed by atoms with Crippen molar-refractivity contribution in [2.75, 3.05) is 11.8 Å². The largest absolute Gasteiger partial charge is 0.337 e. The number of sulfonamides is 1. The normalized spacial score (nSPS) is 15.5. The second-order valence-electron chi connectivity index (χ2n) is 13.2. The number of nitrogens with one attached hydrogen (secondary N) is 1. The summed E-state index contributed by atoms with van der Waals surface area (Å²) >= 11 is 0. The van der Waals surface area contributed by atoms with Crippen molar-refractivity contribution < 1.29 is 26.9 Å². The Morgan fingerprint density at radius 1 is 1.04 bits per heavy atom. The number of carbonyl (C=O) groups is 2. The van der Waals surface area contributed by atoms with Crippen LogP contribution >= 0.6 is 0 Å². The number of amides is 2.